The average molecular weight is 405 g/mol. The summed E-state index contributed by atoms with van der Waals surface area (Å²) in [6.07, 6.45) is 1.50. The Morgan fingerprint density at radius 2 is 1.81 bits per heavy atom. The summed E-state index contributed by atoms with van der Waals surface area (Å²) in [6, 6.07) is 7.35. The van der Waals surface area contributed by atoms with Gasteiger partial charge < -0.3 is 4.90 Å². The lowest BCUT2D eigenvalue weighted by molar-refractivity contribution is -0.387. The summed E-state index contributed by atoms with van der Waals surface area (Å²) in [6.45, 7) is 1.35. The maximum Gasteiger partial charge on any atom is 0.289 e. The van der Waals surface area contributed by atoms with Gasteiger partial charge in [0.05, 0.1) is 15.1 Å². The summed E-state index contributed by atoms with van der Waals surface area (Å²) in [5.74, 6) is 0.790. The quantitative estimate of drug-likeness (QED) is 0.483. The van der Waals surface area contributed by atoms with Crippen molar-refractivity contribution in [2.45, 2.75) is 4.90 Å². The zero-order valence-electron chi connectivity index (χ0n) is 14.1. The molecule has 0 spiro atoms. The summed E-state index contributed by atoms with van der Waals surface area (Å²) >= 11 is 1.54. The molecule has 1 saturated heterocycles. The Kier molecular flexibility index (Phi) is 4.50. The molecule has 11 heteroatoms. The molecule has 1 aliphatic heterocycles. The fourth-order valence-electron chi connectivity index (χ4n) is 3.11. The molecule has 0 radical (unpaired) electrons. The Morgan fingerprint density at radius 3 is 2.56 bits per heavy atom. The maximum absolute atomic E-state index is 12.9. The SMILES string of the molecule is O=[N+]([O-])c1ccccc1S(=O)(=O)N1CCN(c2ncnc3ccsc23)CC1. The molecule has 0 aliphatic carbocycles. The van der Waals surface area contributed by atoms with Gasteiger partial charge in [-0.1, -0.05) is 12.1 Å². The zero-order valence-corrected chi connectivity index (χ0v) is 15.7. The van der Waals surface area contributed by atoms with E-state index in [1.165, 1.54) is 34.9 Å². The van der Waals surface area contributed by atoms with Gasteiger partial charge in [0.2, 0.25) is 10.0 Å². The van der Waals surface area contributed by atoms with Crippen molar-refractivity contribution in [3.05, 3.63) is 52.2 Å². The van der Waals surface area contributed by atoms with Crippen molar-refractivity contribution in [1.29, 1.82) is 0 Å². The van der Waals surface area contributed by atoms with Crippen LogP contribution in [0.25, 0.3) is 10.2 Å². The maximum atomic E-state index is 12.9. The van der Waals surface area contributed by atoms with Crippen LogP contribution >= 0.6 is 11.3 Å². The number of hydrogen-bond acceptors (Lipinski definition) is 8. The molecule has 0 amide bonds. The van der Waals surface area contributed by atoms with Crippen molar-refractivity contribution in [1.82, 2.24) is 14.3 Å². The molecule has 1 aliphatic rings. The van der Waals surface area contributed by atoms with E-state index >= 15 is 0 Å². The van der Waals surface area contributed by atoms with Crippen molar-refractivity contribution >= 4 is 43.1 Å². The molecule has 1 fully saturated rings. The normalized spacial score (nSPS) is 15.9. The minimum absolute atomic E-state index is 0.227. The molecule has 3 heterocycles. The minimum Gasteiger partial charge on any atom is -0.353 e. The van der Waals surface area contributed by atoms with Crippen molar-refractivity contribution in [2.24, 2.45) is 0 Å². The van der Waals surface area contributed by atoms with E-state index in [0.29, 0.717) is 13.1 Å². The van der Waals surface area contributed by atoms with Crippen LogP contribution in [0, 0.1) is 10.1 Å². The fourth-order valence-corrected chi connectivity index (χ4v) is 5.55. The first-order valence-electron chi connectivity index (χ1n) is 8.15. The first-order valence-corrected chi connectivity index (χ1v) is 10.5. The van der Waals surface area contributed by atoms with Gasteiger partial charge in [0.15, 0.2) is 4.90 Å². The van der Waals surface area contributed by atoms with Crippen molar-refractivity contribution in [3.8, 4) is 0 Å². The number of sulfonamides is 1. The Hall–Kier alpha value is -2.63. The van der Waals surface area contributed by atoms with Gasteiger partial charge in [-0.05, 0) is 17.5 Å². The van der Waals surface area contributed by atoms with Crippen LogP contribution in [-0.4, -0.2) is 53.8 Å². The second-order valence-electron chi connectivity index (χ2n) is 5.95. The second kappa shape index (κ2) is 6.83. The number of aromatic nitrogens is 2. The lowest BCUT2D eigenvalue weighted by Crippen LogP contribution is -2.49. The lowest BCUT2D eigenvalue weighted by Gasteiger charge is -2.34. The fraction of sp³-hybridized carbons (Fsp3) is 0.250. The van der Waals surface area contributed by atoms with E-state index < -0.39 is 20.6 Å². The third-order valence-corrected chi connectivity index (χ3v) is 7.29. The molecule has 9 nitrogen and oxygen atoms in total. The predicted octanol–water partition coefficient (Wildman–Crippen LogP) is 2.11. The molecule has 2 aromatic heterocycles. The highest BCUT2D eigenvalue weighted by Crippen LogP contribution is 2.30. The topological polar surface area (TPSA) is 110 Å². The van der Waals surface area contributed by atoms with Gasteiger partial charge >= 0.3 is 0 Å². The number of hydrogen-bond donors (Lipinski definition) is 0. The van der Waals surface area contributed by atoms with Crippen LogP contribution in [0.3, 0.4) is 0 Å². The Bertz CT molecular complexity index is 1110. The lowest BCUT2D eigenvalue weighted by atomic mass is 10.3. The standard InChI is InChI=1S/C16H15N5O4S2/c22-21(23)13-3-1-2-4-14(13)27(24,25)20-8-6-19(7-9-20)16-15-12(5-10-26-15)17-11-18-16/h1-5,10-11H,6-9H2. The highest BCUT2D eigenvalue weighted by molar-refractivity contribution is 7.89. The molecule has 1 aromatic carbocycles. The number of fused-ring (bicyclic) bond motifs is 1. The minimum atomic E-state index is -3.94. The summed E-state index contributed by atoms with van der Waals surface area (Å²) in [7, 11) is -3.94. The van der Waals surface area contributed by atoms with Crippen LogP contribution in [0.1, 0.15) is 0 Å². The molecule has 0 N–H and O–H groups in total. The monoisotopic (exact) mass is 405 g/mol. The highest BCUT2D eigenvalue weighted by Gasteiger charge is 2.34. The van der Waals surface area contributed by atoms with E-state index in [0.717, 1.165) is 16.0 Å². The Labute approximate surface area is 159 Å². The number of nitrogens with zero attached hydrogens (tertiary/aromatic N) is 5. The van der Waals surface area contributed by atoms with E-state index in [1.807, 2.05) is 16.3 Å². The van der Waals surface area contributed by atoms with Crippen LogP contribution in [-0.2, 0) is 10.0 Å². The van der Waals surface area contributed by atoms with Gasteiger partial charge in [0.1, 0.15) is 12.1 Å². The Morgan fingerprint density at radius 1 is 1.07 bits per heavy atom. The van der Waals surface area contributed by atoms with Gasteiger partial charge in [0, 0.05) is 32.2 Å². The molecular weight excluding hydrogens is 390 g/mol. The van der Waals surface area contributed by atoms with Gasteiger partial charge in [-0.3, -0.25) is 10.1 Å². The molecule has 0 bridgehead atoms. The van der Waals surface area contributed by atoms with Gasteiger partial charge in [-0.25, -0.2) is 18.4 Å². The van der Waals surface area contributed by atoms with Gasteiger partial charge in [0.25, 0.3) is 5.69 Å². The summed E-state index contributed by atoms with van der Waals surface area (Å²) in [5, 5.41) is 13.1. The van der Waals surface area contributed by atoms with E-state index in [1.54, 1.807) is 11.3 Å². The molecular formula is C16H15N5O4S2. The number of thiophene rings is 1. The number of piperazine rings is 1. The Balaban J connectivity index is 1.57. The van der Waals surface area contributed by atoms with E-state index in [-0.39, 0.29) is 18.0 Å². The van der Waals surface area contributed by atoms with E-state index in [2.05, 4.69) is 9.97 Å². The first-order chi connectivity index (χ1) is 13.0. The highest BCUT2D eigenvalue weighted by atomic mass is 32.2. The molecule has 140 valence electrons. The molecule has 3 aromatic rings. The number of nitro groups is 1. The smallest absolute Gasteiger partial charge is 0.289 e. The van der Waals surface area contributed by atoms with E-state index in [9.17, 15) is 18.5 Å². The van der Waals surface area contributed by atoms with Crippen LogP contribution in [0.2, 0.25) is 0 Å². The van der Waals surface area contributed by atoms with Crippen molar-refractivity contribution in [2.75, 3.05) is 31.1 Å². The van der Waals surface area contributed by atoms with Crippen LogP contribution in [0.4, 0.5) is 11.5 Å². The third kappa shape index (κ3) is 3.13. The summed E-state index contributed by atoms with van der Waals surface area (Å²) in [4.78, 5) is 20.8. The third-order valence-electron chi connectivity index (χ3n) is 4.44. The molecule has 0 unspecified atom stereocenters. The predicted molar refractivity (Wildman–Crippen MR) is 101 cm³/mol. The zero-order chi connectivity index (χ0) is 19.0. The van der Waals surface area contributed by atoms with Crippen LogP contribution < -0.4 is 4.90 Å². The summed E-state index contributed by atoms with van der Waals surface area (Å²) < 4.78 is 28.1. The van der Waals surface area contributed by atoms with Crippen molar-refractivity contribution < 1.29 is 13.3 Å². The van der Waals surface area contributed by atoms with E-state index in [4.69, 9.17) is 0 Å². The molecule has 0 saturated carbocycles. The molecule has 27 heavy (non-hydrogen) atoms. The summed E-state index contributed by atoms with van der Waals surface area (Å²) in [5.41, 5.74) is 0.455. The van der Waals surface area contributed by atoms with Crippen LogP contribution in [0.5, 0.6) is 0 Å². The number of anilines is 1. The number of nitro benzene ring substituents is 1. The molecule has 0 atom stereocenters. The van der Waals surface area contributed by atoms with Crippen LogP contribution in [0.15, 0.2) is 46.9 Å². The number of para-hydroxylation sites is 1. The molecule has 4 rings (SSSR count). The first kappa shape index (κ1) is 17.8. The van der Waals surface area contributed by atoms with Gasteiger partial charge in [-0.2, -0.15) is 4.31 Å². The average Bonchev–Trinajstić information content (AvgIpc) is 3.17. The second-order valence-corrected chi connectivity index (χ2v) is 8.77. The largest absolute Gasteiger partial charge is 0.353 e. The number of benzene rings is 1. The number of rotatable bonds is 4. The van der Waals surface area contributed by atoms with Crippen molar-refractivity contribution in [3.63, 3.8) is 0 Å². The van der Waals surface area contributed by atoms with Gasteiger partial charge in [-0.15, -0.1) is 11.3 Å².